The Balaban J connectivity index is 2.24. The molecule has 0 atom stereocenters. The third-order valence-corrected chi connectivity index (χ3v) is 1.76. The molecule has 5 nitrogen and oxygen atoms in total. The molecule has 84 valence electrons. The van der Waals surface area contributed by atoms with Gasteiger partial charge in [-0.3, -0.25) is 9.48 Å². The van der Waals surface area contributed by atoms with E-state index in [1.165, 1.54) is 0 Å². The highest BCUT2D eigenvalue weighted by atomic mass is 16.5. The van der Waals surface area contributed by atoms with Crippen LogP contribution in [0.1, 0.15) is 20.3 Å². The van der Waals surface area contributed by atoms with Crippen LogP contribution in [0.3, 0.4) is 0 Å². The van der Waals surface area contributed by atoms with E-state index in [1.807, 2.05) is 13.8 Å². The van der Waals surface area contributed by atoms with Gasteiger partial charge in [-0.05, 0) is 13.8 Å². The molecule has 0 radical (unpaired) electrons. The van der Waals surface area contributed by atoms with Crippen molar-refractivity contribution >= 4 is 11.7 Å². The van der Waals surface area contributed by atoms with Crippen LogP contribution in [0.25, 0.3) is 0 Å². The maximum absolute atomic E-state index is 11.4. The molecule has 0 aliphatic rings. The summed E-state index contributed by atoms with van der Waals surface area (Å²) in [4.78, 5) is 11.4. The van der Waals surface area contributed by atoms with Crippen molar-refractivity contribution in [2.24, 2.45) is 7.05 Å². The van der Waals surface area contributed by atoms with Gasteiger partial charge in [-0.25, -0.2) is 0 Å². The highest BCUT2D eigenvalue weighted by molar-refractivity contribution is 5.89. The molecule has 0 spiro atoms. The average molecular weight is 211 g/mol. The molecule has 0 saturated heterocycles. The minimum Gasteiger partial charge on any atom is -0.378 e. The lowest BCUT2D eigenvalue weighted by Crippen LogP contribution is -2.16. The van der Waals surface area contributed by atoms with Crippen LogP contribution in [0, 0.1) is 0 Å². The van der Waals surface area contributed by atoms with Crippen molar-refractivity contribution in [3.05, 3.63) is 12.3 Å². The first-order valence-electron chi connectivity index (χ1n) is 4.99. The number of hydrogen-bond acceptors (Lipinski definition) is 3. The number of aryl methyl sites for hydroxylation is 1. The molecule has 0 unspecified atom stereocenters. The Morgan fingerprint density at radius 3 is 2.93 bits per heavy atom. The second-order valence-electron chi connectivity index (χ2n) is 3.59. The number of amides is 1. The van der Waals surface area contributed by atoms with Crippen LogP contribution in [0.5, 0.6) is 0 Å². The number of anilines is 1. The van der Waals surface area contributed by atoms with Crippen LogP contribution in [0.2, 0.25) is 0 Å². The Morgan fingerprint density at radius 2 is 2.40 bits per heavy atom. The standard InChI is InChI=1S/C10H17N3O2/c1-8(2)15-7-5-10(14)11-9-4-6-13(3)12-9/h4,6,8H,5,7H2,1-3H3,(H,11,12,14). The number of aromatic nitrogens is 2. The molecule has 1 aromatic rings. The van der Waals surface area contributed by atoms with Gasteiger partial charge in [0, 0.05) is 19.3 Å². The summed E-state index contributed by atoms with van der Waals surface area (Å²) in [6, 6.07) is 1.75. The smallest absolute Gasteiger partial charge is 0.227 e. The predicted molar refractivity (Wildman–Crippen MR) is 57.5 cm³/mol. The molecule has 1 amide bonds. The molecule has 0 aromatic carbocycles. The zero-order valence-electron chi connectivity index (χ0n) is 9.36. The quantitative estimate of drug-likeness (QED) is 0.795. The zero-order valence-corrected chi connectivity index (χ0v) is 9.36. The van der Waals surface area contributed by atoms with Crippen molar-refractivity contribution in [2.45, 2.75) is 26.4 Å². The van der Waals surface area contributed by atoms with E-state index in [-0.39, 0.29) is 12.0 Å². The molecule has 0 fully saturated rings. The summed E-state index contributed by atoms with van der Waals surface area (Å²) in [5.74, 6) is 0.501. The van der Waals surface area contributed by atoms with Gasteiger partial charge >= 0.3 is 0 Å². The van der Waals surface area contributed by atoms with Crippen molar-refractivity contribution in [3.8, 4) is 0 Å². The van der Waals surface area contributed by atoms with Gasteiger partial charge in [-0.1, -0.05) is 0 Å². The second-order valence-corrected chi connectivity index (χ2v) is 3.59. The van der Waals surface area contributed by atoms with Gasteiger partial charge < -0.3 is 10.1 Å². The zero-order chi connectivity index (χ0) is 11.3. The molecular weight excluding hydrogens is 194 g/mol. The molecule has 0 aliphatic heterocycles. The Kier molecular flexibility index (Phi) is 4.30. The Morgan fingerprint density at radius 1 is 1.67 bits per heavy atom. The van der Waals surface area contributed by atoms with Gasteiger partial charge in [0.05, 0.1) is 19.1 Å². The van der Waals surface area contributed by atoms with Gasteiger partial charge in [-0.15, -0.1) is 0 Å². The molecule has 1 N–H and O–H groups in total. The molecule has 0 aliphatic carbocycles. The number of nitrogens with zero attached hydrogens (tertiary/aromatic N) is 2. The van der Waals surface area contributed by atoms with Crippen molar-refractivity contribution in [1.82, 2.24) is 9.78 Å². The predicted octanol–water partition coefficient (Wildman–Crippen LogP) is 1.17. The summed E-state index contributed by atoms with van der Waals surface area (Å²) in [6.45, 7) is 4.32. The van der Waals surface area contributed by atoms with Crippen LogP contribution >= 0.6 is 0 Å². The third-order valence-electron chi connectivity index (χ3n) is 1.76. The fraction of sp³-hybridized carbons (Fsp3) is 0.600. The normalized spacial score (nSPS) is 10.7. The lowest BCUT2D eigenvalue weighted by Gasteiger charge is -2.06. The van der Waals surface area contributed by atoms with Crippen LogP contribution in [0.15, 0.2) is 12.3 Å². The van der Waals surface area contributed by atoms with E-state index >= 15 is 0 Å². The molecule has 0 bridgehead atoms. The number of carbonyl (C=O) groups is 1. The van der Waals surface area contributed by atoms with E-state index in [0.717, 1.165) is 0 Å². The monoisotopic (exact) mass is 211 g/mol. The Labute approximate surface area is 89.4 Å². The third kappa shape index (κ3) is 4.60. The van der Waals surface area contributed by atoms with Gasteiger partial charge in [-0.2, -0.15) is 5.10 Å². The topological polar surface area (TPSA) is 56.1 Å². The first-order valence-corrected chi connectivity index (χ1v) is 4.99. The largest absolute Gasteiger partial charge is 0.378 e. The first-order chi connectivity index (χ1) is 7.08. The molecule has 15 heavy (non-hydrogen) atoms. The van der Waals surface area contributed by atoms with Crippen LogP contribution < -0.4 is 5.32 Å². The van der Waals surface area contributed by atoms with E-state index in [1.54, 1.807) is 24.0 Å². The molecule has 1 aromatic heterocycles. The van der Waals surface area contributed by atoms with Gasteiger partial charge in [0.15, 0.2) is 5.82 Å². The van der Waals surface area contributed by atoms with Crippen molar-refractivity contribution in [2.75, 3.05) is 11.9 Å². The summed E-state index contributed by atoms with van der Waals surface area (Å²) >= 11 is 0. The van der Waals surface area contributed by atoms with Crippen molar-refractivity contribution < 1.29 is 9.53 Å². The van der Waals surface area contributed by atoms with Crippen LogP contribution in [0.4, 0.5) is 5.82 Å². The minimum absolute atomic E-state index is 0.0747. The van der Waals surface area contributed by atoms with Crippen molar-refractivity contribution in [3.63, 3.8) is 0 Å². The molecule has 0 saturated carbocycles. The van der Waals surface area contributed by atoms with E-state index in [4.69, 9.17) is 4.74 Å². The van der Waals surface area contributed by atoms with Crippen molar-refractivity contribution in [1.29, 1.82) is 0 Å². The molecular formula is C10H17N3O2. The second kappa shape index (κ2) is 5.50. The minimum atomic E-state index is -0.0747. The Bertz CT molecular complexity index is 320. The molecule has 5 heteroatoms. The lowest BCUT2D eigenvalue weighted by molar-refractivity contribution is -0.117. The molecule has 1 heterocycles. The maximum atomic E-state index is 11.4. The summed E-state index contributed by atoms with van der Waals surface area (Å²) in [5, 5.41) is 6.72. The van der Waals surface area contributed by atoms with E-state index in [2.05, 4.69) is 10.4 Å². The summed E-state index contributed by atoms with van der Waals surface area (Å²) < 4.78 is 6.91. The summed E-state index contributed by atoms with van der Waals surface area (Å²) in [6.07, 6.45) is 2.29. The number of ether oxygens (including phenoxy) is 1. The van der Waals surface area contributed by atoms with E-state index in [9.17, 15) is 4.79 Å². The summed E-state index contributed by atoms with van der Waals surface area (Å²) in [7, 11) is 1.80. The number of hydrogen-bond donors (Lipinski definition) is 1. The number of rotatable bonds is 5. The fourth-order valence-electron chi connectivity index (χ4n) is 1.07. The van der Waals surface area contributed by atoms with E-state index in [0.29, 0.717) is 18.8 Å². The van der Waals surface area contributed by atoms with Gasteiger partial charge in [0.1, 0.15) is 0 Å². The fourth-order valence-corrected chi connectivity index (χ4v) is 1.07. The first kappa shape index (κ1) is 11.7. The highest BCUT2D eigenvalue weighted by Crippen LogP contribution is 2.01. The number of nitrogens with one attached hydrogen (secondary N) is 1. The lowest BCUT2D eigenvalue weighted by atomic mass is 10.4. The number of carbonyl (C=O) groups excluding carboxylic acids is 1. The molecule has 1 rings (SSSR count). The van der Waals surface area contributed by atoms with E-state index < -0.39 is 0 Å². The summed E-state index contributed by atoms with van der Waals surface area (Å²) in [5.41, 5.74) is 0. The SMILES string of the molecule is CC(C)OCCC(=O)Nc1ccn(C)n1. The van der Waals surface area contributed by atoms with Gasteiger partial charge in [0.25, 0.3) is 0 Å². The van der Waals surface area contributed by atoms with Gasteiger partial charge in [0.2, 0.25) is 5.91 Å². The average Bonchev–Trinajstić information content (AvgIpc) is 2.50. The van der Waals surface area contributed by atoms with Crippen LogP contribution in [-0.2, 0) is 16.6 Å². The van der Waals surface area contributed by atoms with Crippen LogP contribution in [-0.4, -0.2) is 28.4 Å². The maximum Gasteiger partial charge on any atom is 0.227 e. The highest BCUT2D eigenvalue weighted by Gasteiger charge is 2.04. The Hall–Kier alpha value is -1.36.